The summed E-state index contributed by atoms with van der Waals surface area (Å²) in [5, 5.41) is 9.78. The molecule has 0 fully saturated rings. The maximum absolute atomic E-state index is 13.0. The molecule has 0 saturated carbocycles. The van der Waals surface area contributed by atoms with Crippen molar-refractivity contribution in [1.29, 1.82) is 0 Å². The fourth-order valence-corrected chi connectivity index (χ4v) is 10.9. The lowest BCUT2D eigenvalue weighted by molar-refractivity contribution is -0.870. The molecule has 1 N–H and O–H groups in total. The molecular formula is C96H154NO8+. The van der Waals surface area contributed by atoms with Crippen LogP contribution in [0, 0.1) is 0 Å². The first-order chi connectivity index (χ1) is 51.6. The Bertz CT molecular complexity index is 2550. The molecule has 0 aromatic rings. The van der Waals surface area contributed by atoms with Gasteiger partial charge in [0.1, 0.15) is 13.2 Å². The molecule has 2 atom stereocenters. The number of hydrogen-bond donors (Lipinski definition) is 1. The topological polar surface area (TPSA) is 108 Å². The van der Waals surface area contributed by atoms with Crippen molar-refractivity contribution in [1.82, 2.24) is 0 Å². The minimum absolute atomic E-state index is 0.173. The number of carbonyl (C=O) groups excluding carboxylic acids is 2. The molecule has 9 heteroatoms. The van der Waals surface area contributed by atoms with E-state index in [1.54, 1.807) is 0 Å². The van der Waals surface area contributed by atoms with E-state index in [9.17, 15) is 19.5 Å². The van der Waals surface area contributed by atoms with Crippen molar-refractivity contribution in [3.63, 3.8) is 0 Å². The molecule has 0 radical (unpaired) electrons. The molecule has 105 heavy (non-hydrogen) atoms. The smallest absolute Gasteiger partial charge is 0.361 e. The second kappa shape index (κ2) is 83.3. The number of rotatable bonds is 75. The van der Waals surface area contributed by atoms with E-state index in [0.717, 1.165) is 161 Å². The molecule has 0 heterocycles. The van der Waals surface area contributed by atoms with E-state index >= 15 is 0 Å². The average molecular weight is 1450 g/mol. The lowest BCUT2D eigenvalue weighted by Crippen LogP contribution is -2.40. The molecule has 0 aliphatic rings. The van der Waals surface area contributed by atoms with Crippen LogP contribution in [0.3, 0.4) is 0 Å². The van der Waals surface area contributed by atoms with Crippen LogP contribution < -0.4 is 0 Å². The summed E-state index contributed by atoms with van der Waals surface area (Å²) < 4.78 is 23.0. The molecule has 0 aromatic carbocycles. The minimum Gasteiger partial charge on any atom is -0.477 e. The normalized spacial score (nSPS) is 13.8. The lowest BCUT2D eigenvalue weighted by atomic mass is 10.0. The number of carboxylic acids is 1. The second-order valence-electron chi connectivity index (χ2n) is 28.3. The Kier molecular flexibility index (Phi) is 78.2. The van der Waals surface area contributed by atoms with Gasteiger partial charge in [-0.05, 0) is 154 Å². The average Bonchev–Trinajstić information content (AvgIpc) is 1.18. The zero-order chi connectivity index (χ0) is 76.0. The molecule has 9 nitrogen and oxygen atoms in total. The van der Waals surface area contributed by atoms with Gasteiger partial charge in [0, 0.05) is 12.8 Å². The maximum atomic E-state index is 13.0. The number of esters is 2. The summed E-state index contributed by atoms with van der Waals surface area (Å²) in [5.41, 5.74) is 0. The molecule has 0 aliphatic heterocycles. The number of allylic oxidation sites excluding steroid dienone is 36. The third-order valence-corrected chi connectivity index (χ3v) is 17.2. The molecular weight excluding hydrogens is 1300 g/mol. The number of quaternary nitrogens is 1. The van der Waals surface area contributed by atoms with Gasteiger partial charge >= 0.3 is 17.9 Å². The third-order valence-electron chi connectivity index (χ3n) is 17.2. The molecule has 0 aliphatic carbocycles. The van der Waals surface area contributed by atoms with Gasteiger partial charge in [-0.15, -0.1) is 0 Å². The number of hydrogen-bond acceptors (Lipinski definition) is 7. The van der Waals surface area contributed by atoms with Gasteiger partial charge in [-0.25, -0.2) is 4.79 Å². The van der Waals surface area contributed by atoms with E-state index in [1.165, 1.54) is 116 Å². The van der Waals surface area contributed by atoms with Gasteiger partial charge < -0.3 is 28.5 Å². The highest BCUT2D eigenvalue weighted by atomic mass is 16.7. The van der Waals surface area contributed by atoms with Crippen LogP contribution in [-0.2, 0) is 33.3 Å². The molecule has 0 spiro atoms. The SMILES string of the molecule is CC/C=C\C/C=C\C/C=C\C/C=C\C/C=C\C/C=C\C/C=C\C/C=C\C/C=C\C/C=C\C/C=C\C/C=C\CCCCCCC(=O)OC(COC(=O)CCCCCCCCCCCCCCCCCCCCCC/C=C\C/C=C\C/C=C\C/C=C\C/C=C\C/C=C\CC)COC(OCC[N+](C)(C)C)C(=O)O. The highest BCUT2D eigenvalue weighted by Gasteiger charge is 2.25. The summed E-state index contributed by atoms with van der Waals surface area (Å²) in [7, 11) is 5.96. The van der Waals surface area contributed by atoms with Crippen LogP contribution >= 0.6 is 0 Å². The van der Waals surface area contributed by atoms with E-state index < -0.39 is 24.3 Å². The molecule has 0 amide bonds. The summed E-state index contributed by atoms with van der Waals surface area (Å²) >= 11 is 0. The fourth-order valence-electron chi connectivity index (χ4n) is 10.9. The van der Waals surface area contributed by atoms with Gasteiger partial charge in [0.25, 0.3) is 6.29 Å². The van der Waals surface area contributed by atoms with E-state index in [1.807, 2.05) is 21.1 Å². The van der Waals surface area contributed by atoms with E-state index in [4.69, 9.17) is 18.9 Å². The summed E-state index contributed by atoms with van der Waals surface area (Å²) in [5.74, 6) is -2.05. The number of aliphatic carboxylic acids is 1. The van der Waals surface area contributed by atoms with Crippen molar-refractivity contribution >= 4 is 17.9 Å². The van der Waals surface area contributed by atoms with Gasteiger partial charge in [0.05, 0.1) is 34.4 Å². The maximum Gasteiger partial charge on any atom is 0.361 e. The van der Waals surface area contributed by atoms with Crippen LogP contribution in [0.2, 0.25) is 0 Å². The zero-order valence-corrected chi connectivity index (χ0v) is 67.5. The Morgan fingerprint density at radius 3 is 0.762 bits per heavy atom. The standard InChI is InChI=1S/C96H153NO8/c1-6-8-10-12-14-16-18-20-22-24-26-28-30-32-34-36-38-40-42-44-46-47-49-51-53-55-57-59-61-63-65-67-69-71-73-75-77-79-81-83-85-87-94(99)105-92(91-104-96(95(100)101)102-89-88-97(3,4)5)90-103-93(98)86-84-82-80-78-76-74-72-70-68-66-64-62-60-58-56-54-52-50-48-45-43-41-39-37-35-33-31-29-27-25-23-21-19-17-15-13-11-9-7-2/h8-11,14-17,20-23,26-29,32-35,38-41,44,46,49,51,55,57,61,63,67,69,73,75,92,96H,6-7,12-13,18-19,24-25,30-31,36-37,42-43,45,47-48,50,52-54,56,58-60,62,64-66,68,70-72,74,76-91H2,1-5H3/p+1/b10-8-,11-9-,16-14-,17-15-,22-20-,23-21-,28-26-,29-27-,34-32-,35-33-,40-38-,41-39-,46-44-,51-49-,57-55-,63-61-,69-67-,75-73-. The molecule has 0 bridgehead atoms. The Hall–Kier alpha value is -6.39. The van der Waals surface area contributed by atoms with E-state index in [0.29, 0.717) is 17.4 Å². The van der Waals surface area contributed by atoms with Gasteiger partial charge in [-0.2, -0.15) is 0 Å². The Labute approximate surface area is 645 Å². The molecule has 2 unspecified atom stereocenters. The first-order valence-electron chi connectivity index (χ1n) is 41.9. The number of carbonyl (C=O) groups is 3. The minimum atomic E-state index is -1.53. The third kappa shape index (κ3) is 84.7. The first-order valence-corrected chi connectivity index (χ1v) is 41.9. The van der Waals surface area contributed by atoms with Crippen molar-refractivity contribution < 1.29 is 42.9 Å². The summed E-state index contributed by atoms with van der Waals surface area (Å²) in [6.07, 6.45) is 128. The predicted octanol–water partition coefficient (Wildman–Crippen LogP) is 27.6. The number of likely N-dealkylation sites (N-methyl/N-ethyl adjacent to an activating group) is 1. The Morgan fingerprint density at radius 2 is 0.514 bits per heavy atom. The van der Waals surface area contributed by atoms with Crippen LogP contribution in [0.25, 0.3) is 0 Å². The van der Waals surface area contributed by atoms with Crippen molar-refractivity contribution in [2.75, 3.05) is 47.5 Å². The van der Waals surface area contributed by atoms with E-state index in [2.05, 4.69) is 233 Å². The van der Waals surface area contributed by atoms with Gasteiger partial charge in [-0.3, -0.25) is 9.59 Å². The number of carboxylic acid groups (broad SMARTS) is 1. The summed E-state index contributed by atoms with van der Waals surface area (Å²) in [6.45, 7) is 4.61. The van der Waals surface area contributed by atoms with Crippen molar-refractivity contribution in [3.05, 3.63) is 219 Å². The van der Waals surface area contributed by atoms with E-state index in [-0.39, 0.29) is 38.6 Å². The van der Waals surface area contributed by atoms with Crippen LogP contribution in [0.15, 0.2) is 219 Å². The summed E-state index contributed by atoms with van der Waals surface area (Å²) in [4.78, 5) is 37.8. The molecule has 0 aromatic heterocycles. The van der Waals surface area contributed by atoms with Gasteiger partial charge in [0.15, 0.2) is 6.10 Å². The Balaban J connectivity index is 4.13. The highest BCUT2D eigenvalue weighted by Crippen LogP contribution is 2.17. The zero-order valence-electron chi connectivity index (χ0n) is 67.5. The predicted molar refractivity (Wildman–Crippen MR) is 455 cm³/mol. The first kappa shape index (κ1) is 98.6. The largest absolute Gasteiger partial charge is 0.477 e. The number of ether oxygens (including phenoxy) is 4. The van der Waals surface area contributed by atoms with Crippen molar-refractivity contribution in [2.45, 2.75) is 322 Å². The number of unbranched alkanes of at least 4 members (excludes halogenated alkanes) is 24. The molecule has 0 saturated heterocycles. The van der Waals surface area contributed by atoms with Crippen LogP contribution in [0.1, 0.15) is 309 Å². The highest BCUT2D eigenvalue weighted by molar-refractivity contribution is 5.71. The second-order valence-corrected chi connectivity index (χ2v) is 28.3. The van der Waals surface area contributed by atoms with Crippen molar-refractivity contribution in [2.24, 2.45) is 0 Å². The Morgan fingerprint density at radius 1 is 0.286 bits per heavy atom. The summed E-state index contributed by atoms with van der Waals surface area (Å²) in [6, 6.07) is 0. The van der Waals surface area contributed by atoms with Crippen LogP contribution in [0.4, 0.5) is 0 Å². The fraction of sp³-hybridized carbons (Fsp3) is 0.594. The van der Waals surface area contributed by atoms with Crippen molar-refractivity contribution in [3.8, 4) is 0 Å². The molecule has 0 rings (SSSR count). The van der Waals surface area contributed by atoms with Gasteiger partial charge in [-0.1, -0.05) is 361 Å². The monoisotopic (exact) mass is 1450 g/mol. The van der Waals surface area contributed by atoms with Crippen LogP contribution in [-0.4, -0.2) is 87.4 Å². The molecule has 590 valence electrons. The van der Waals surface area contributed by atoms with Gasteiger partial charge in [0.2, 0.25) is 0 Å². The lowest BCUT2D eigenvalue weighted by Gasteiger charge is -2.25. The van der Waals surface area contributed by atoms with Crippen LogP contribution in [0.5, 0.6) is 0 Å². The number of nitrogens with zero attached hydrogens (tertiary/aromatic N) is 1. The quantitative estimate of drug-likeness (QED) is 0.0211.